The second-order valence-corrected chi connectivity index (χ2v) is 4.95. The molecule has 0 aromatic heterocycles. The number of hydrogen-bond donors (Lipinski definition) is 1. The molecule has 0 N–H and O–H groups in total. The summed E-state index contributed by atoms with van der Waals surface area (Å²) in [6.45, 7) is 2.24. The fourth-order valence-corrected chi connectivity index (χ4v) is 2.32. The van der Waals surface area contributed by atoms with Crippen molar-refractivity contribution in [1.29, 1.82) is 0 Å². The number of benzene rings is 1. The van der Waals surface area contributed by atoms with Crippen LogP contribution < -0.4 is 0 Å². The zero-order chi connectivity index (χ0) is 10.7. The van der Waals surface area contributed by atoms with Crippen molar-refractivity contribution in [3.05, 3.63) is 60.2 Å². The van der Waals surface area contributed by atoms with Crippen LogP contribution in [0.3, 0.4) is 0 Å². The van der Waals surface area contributed by atoms with Crippen LogP contribution in [-0.2, 0) is 0 Å². The Bertz CT molecular complexity index is 378. The lowest BCUT2D eigenvalue weighted by atomic mass is 9.82. The smallest absolute Gasteiger partial charge is 0.0412 e. The predicted molar refractivity (Wildman–Crippen MR) is 69.5 cm³/mol. The van der Waals surface area contributed by atoms with Crippen LogP contribution in [0.2, 0.25) is 0 Å². The largest absolute Gasteiger partial charge is 0.167 e. The lowest BCUT2D eigenvalue weighted by Crippen LogP contribution is -2.26. The zero-order valence-electron chi connectivity index (χ0n) is 8.93. The summed E-state index contributed by atoms with van der Waals surface area (Å²) in [4.78, 5) is 0. The van der Waals surface area contributed by atoms with Gasteiger partial charge in [-0.3, -0.25) is 0 Å². The fourth-order valence-electron chi connectivity index (χ4n) is 1.98. The van der Waals surface area contributed by atoms with E-state index in [2.05, 4.69) is 61.6 Å². The number of allylic oxidation sites excluding steroid dienone is 3. The van der Waals surface area contributed by atoms with E-state index in [9.17, 15) is 0 Å². The highest BCUT2D eigenvalue weighted by atomic mass is 32.1. The zero-order valence-corrected chi connectivity index (χ0v) is 9.82. The van der Waals surface area contributed by atoms with Crippen LogP contribution in [0.15, 0.2) is 54.6 Å². The molecule has 0 heterocycles. The first-order valence-electron chi connectivity index (χ1n) is 5.34. The van der Waals surface area contributed by atoms with E-state index in [0.717, 1.165) is 6.42 Å². The van der Waals surface area contributed by atoms with Crippen molar-refractivity contribution in [2.24, 2.45) is 0 Å². The van der Waals surface area contributed by atoms with Gasteiger partial charge in [0.05, 0.1) is 0 Å². The van der Waals surface area contributed by atoms with Crippen molar-refractivity contribution in [2.75, 3.05) is 0 Å². The summed E-state index contributed by atoms with van der Waals surface area (Å²) < 4.78 is -0.0316. The van der Waals surface area contributed by atoms with Gasteiger partial charge in [0.2, 0.25) is 0 Å². The van der Waals surface area contributed by atoms with Crippen molar-refractivity contribution in [2.45, 2.75) is 24.0 Å². The first kappa shape index (κ1) is 10.6. The first-order chi connectivity index (χ1) is 7.22. The molecule has 1 aliphatic rings. The third-order valence-corrected chi connectivity index (χ3v) is 3.85. The van der Waals surface area contributed by atoms with Gasteiger partial charge < -0.3 is 0 Å². The molecule has 0 saturated carbocycles. The quantitative estimate of drug-likeness (QED) is 0.710. The van der Waals surface area contributed by atoms with Gasteiger partial charge in [0.1, 0.15) is 0 Å². The molecule has 0 radical (unpaired) electrons. The Hall–Kier alpha value is -0.950. The summed E-state index contributed by atoms with van der Waals surface area (Å²) in [7, 11) is 0. The fraction of sp³-hybridized carbons (Fsp3) is 0.286. The van der Waals surface area contributed by atoms with E-state index in [1.54, 1.807) is 0 Å². The molecule has 2 atom stereocenters. The van der Waals surface area contributed by atoms with Crippen LogP contribution >= 0.6 is 12.6 Å². The Morgan fingerprint density at radius 1 is 1.20 bits per heavy atom. The van der Waals surface area contributed by atoms with Crippen LogP contribution in [0, 0.1) is 0 Å². The summed E-state index contributed by atoms with van der Waals surface area (Å²) in [6, 6.07) is 10.6. The maximum atomic E-state index is 4.82. The summed E-state index contributed by atoms with van der Waals surface area (Å²) in [5.74, 6) is 0.434. The van der Waals surface area contributed by atoms with Gasteiger partial charge in [-0.25, -0.2) is 0 Å². The molecule has 2 rings (SSSR count). The Morgan fingerprint density at radius 2 is 1.93 bits per heavy atom. The van der Waals surface area contributed by atoms with Crippen molar-refractivity contribution < 1.29 is 0 Å². The highest BCUT2D eigenvalue weighted by molar-refractivity contribution is 7.82. The summed E-state index contributed by atoms with van der Waals surface area (Å²) in [6.07, 6.45) is 9.57. The topological polar surface area (TPSA) is 0 Å². The Balaban J connectivity index is 2.24. The molecular formula is C14H16S. The molecule has 1 aromatic carbocycles. The third-order valence-electron chi connectivity index (χ3n) is 3.13. The highest BCUT2D eigenvalue weighted by Crippen LogP contribution is 2.39. The summed E-state index contributed by atoms with van der Waals surface area (Å²) >= 11 is 4.82. The standard InChI is InChI=1S/C14H16S/c1-12(13-8-4-2-5-9-13)14(15)10-6-3-7-11-14/h2-10,12,15H,11H2,1H3. The van der Waals surface area contributed by atoms with Gasteiger partial charge in [-0.1, -0.05) is 61.6 Å². The van der Waals surface area contributed by atoms with Gasteiger partial charge >= 0.3 is 0 Å². The number of hydrogen-bond acceptors (Lipinski definition) is 1. The Kier molecular flexibility index (Phi) is 3.01. The van der Waals surface area contributed by atoms with Crippen molar-refractivity contribution in [1.82, 2.24) is 0 Å². The molecule has 1 aliphatic carbocycles. The van der Waals surface area contributed by atoms with E-state index >= 15 is 0 Å². The number of thiol groups is 1. The Morgan fingerprint density at radius 3 is 2.53 bits per heavy atom. The second-order valence-electron chi connectivity index (χ2n) is 4.11. The maximum Gasteiger partial charge on any atom is 0.0412 e. The van der Waals surface area contributed by atoms with Gasteiger partial charge in [0.15, 0.2) is 0 Å². The minimum atomic E-state index is -0.0316. The van der Waals surface area contributed by atoms with Crippen LogP contribution in [0.1, 0.15) is 24.8 Å². The summed E-state index contributed by atoms with van der Waals surface area (Å²) in [5.41, 5.74) is 1.35. The average molecular weight is 216 g/mol. The molecule has 0 nitrogen and oxygen atoms in total. The predicted octanol–water partition coefficient (Wildman–Crippen LogP) is 3.97. The molecule has 0 spiro atoms. The molecule has 1 heteroatoms. The molecular weight excluding hydrogens is 200 g/mol. The van der Waals surface area contributed by atoms with Gasteiger partial charge in [-0.2, -0.15) is 12.6 Å². The molecule has 0 fully saturated rings. The number of rotatable bonds is 2. The molecule has 1 aromatic rings. The molecule has 0 bridgehead atoms. The first-order valence-corrected chi connectivity index (χ1v) is 5.79. The molecule has 0 saturated heterocycles. The van der Waals surface area contributed by atoms with Gasteiger partial charge in [0.25, 0.3) is 0 Å². The van der Waals surface area contributed by atoms with E-state index < -0.39 is 0 Å². The van der Waals surface area contributed by atoms with Crippen molar-refractivity contribution >= 4 is 12.6 Å². The SMILES string of the molecule is CC(c1ccccc1)C1(S)C=CC=CC1. The van der Waals surface area contributed by atoms with Crippen LogP contribution in [0.4, 0.5) is 0 Å². The molecule has 78 valence electrons. The molecule has 2 unspecified atom stereocenters. The van der Waals surface area contributed by atoms with Crippen LogP contribution in [0.25, 0.3) is 0 Å². The van der Waals surface area contributed by atoms with E-state index in [1.807, 2.05) is 0 Å². The van der Waals surface area contributed by atoms with E-state index in [0.29, 0.717) is 5.92 Å². The average Bonchev–Trinajstić information content (AvgIpc) is 2.30. The monoisotopic (exact) mass is 216 g/mol. The van der Waals surface area contributed by atoms with E-state index in [4.69, 9.17) is 12.6 Å². The van der Waals surface area contributed by atoms with Crippen LogP contribution in [0.5, 0.6) is 0 Å². The van der Waals surface area contributed by atoms with Crippen LogP contribution in [-0.4, -0.2) is 4.75 Å². The van der Waals surface area contributed by atoms with Crippen molar-refractivity contribution in [3.63, 3.8) is 0 Å². The maximum absolute atomic E-state index is 4.82. The molecule has 15 heavy (non-hydrogen) atoms. The van der Waals surface area contributed by atoms with Gasteiger partial charge in [-0.05, 0) is 17.9 Å². The van der Waals surface area contributed by atoms with Crippen molar-refractivity contribution in [3.8, 4) is 0 Å². The minimum absolute atomic E-state index is 0.0316. The van der Waals surface area contributed by atoms with Gasteiger partial charge in [-0.15, -0.1) is 0 Å². The third kappa shape index (κ3) is 2.18. The summed E-state index contributed by atoms with van der Waals surface area (Å²) in [5, 5.41) is 0. The normalized spacial score (nSPS) is 26.5. The van der Waals surface area contributed by atoms with E-state index in [-0.39, 0.29) is 4.75 Å². The van der Waals surface area contributed by atoms with E-state index in [1.165, 1.54) is 5.56 Å². The highest BCUT2D eigenvalue weighted by Gasteiger charge is 2.30. The molecule has 0 aliphatic heterocycles. The Labute approximate surface area is 97.1 Å². The lowest BCUT2D eigenvalue weighted by molar-refractivity contribution is 0.598. The molecule has 0 amide bonds. The second kappa shape index (κ2) is 4.28. The van der Waals surface area contributed by atoms with Gasteiger partial charge in [0, 0.05) is 4.75 Å². The minimum Gasteiger partial charge on any atom is -0.167 e. The lowest BCUT2D eigenvalue weighted by Gasteiger charge is -2.32.